The van der Waals surface area contributed by atoms with Crippen molar-refractivity contribution in [1.82, 2.24) is 4.98 Å². The fourth-order valence-corrected chi connectivity index (χ4v) is 1.87. The van der Waals surface area contributed by atoms with Gasteiger partial charge in [-0.2, -0.15) is 4.39 Å². The van der Waals surface area contributed by atoms with Crippen LogP contribution in [0.4, 0.5) is 14.5 Å². The van der Waals surface area contributed by atoms with Crippen LogP contribution in [-0.4, -0.2) is 9.91 Å². The third-order valence-corrected chi connectivity index (χ3v) is 2.85. The molecule has 0 radical (unpaired) electrons. The number of nitro groups is 1. The number of aryl methyl sites for hydroxylation is 1. The van der Waals surface area contributed by atoms with Crippen molar-refractivity contribution in [1.29, 1.82) is 0 Å². The van der Waals surface area contributed by atoms with Crippen LogP contribution in [-0.2, 0) is 0 Å². The van der Waals surface area contributed by atoms with Crippen molar-refractivity contribution in [2.75, 3.05) is 0 Å². The monoisotopic (exact) mass is 344 g/mol. The lowest BCUT2D eigenvalue weighted by Gasteiger charge is -2.09. The Bertz CT molecular complexity index is 695. The molecule has 0 atom stereocenters. The fourth-order valence-electron chi connectivity index (χ4n) is 1.46. The van der Waals surface area contributed by atoms with E-state index in [0.29, 0.717) is 10.0 Å². The number of hydrogen-bond donors (Lipinski definition) is 0. The Labute approximate surface area is 120 Å². The Morgan fingerprint density at radius 1 is 1.35 bits per heavy atom. The first kappa shape index (κ1) is 14.3. The largest absolute Gasteiger partial charge is 0.436 e. The number of rotatable bonds is 3. The van der Waals surface area contributed by atoms with Crippen molar-refractivity contribution in [2.45, 2.75) is 6.92 Å². The lowest BCUT2D eigenvalue weighted by Crippen LogP contribution is -1.97. The smallest absolute Gasteiger partial charge is 0.288 e. The van der Waals surface area contributed by atoms with Crippen molar-refractivity contribution in [3.8, 4) is 11.6 Å². The summed E-state index contributed by atoms with van der Waals surface area (Å²) in [4.78, 5) is 13.7. The normalized spacial score (nSPS) is 10.4. The standard InChI is InChI=1S/C12H7BrF2N2O3/c1-6-2-8(17(18)19)5-16-12(6)20-10-4-7(13)3-9(14)11(10)15/h2-5H,1H3. The van der Waals surface area contributed by atoms with Crippen molar-refractivity contribution >= 4 is 21.6 Å². The van der Waals surface area contributed by atoms with Gasteiger partial charge < -0.3 is 4.74 Å². The molecule has 0 aliphatic heterocycles. The highest BCUT2D eigenvalue weighted by atomic mass is 79.9. The summed E-state index contributed by atoms with van der Waals surface area (Å²) >= 11 is 3.01. The zero-order valence-corrected chi connectivity index (χ0v) is 11.6. The topological polar surface area (TPSA) is 65.3 Å². The van der Waals surface area contributed by atoms with Gasteiger partial charge in [-0.05, 0) is 19.1 Å². The van der Waals surface area contributed by atoms with Crippen LogP contribution in [0.1, 0.15) is 5.56 Å². The average molecular weight is 345 g/mol. The van der Waals surface area contributed by atoms with Gasteiger partial charge in [0, 0.05) is 16.1 Å². The molecule has 8 heteroatoms. The van der Waals surface area contributed by atoms with Gasteiger partial charge in [-0.3, -0.25) is 10.1 Å². The molecule has 0 aliphatic carbocycles. The van der Waals surface area contributed by atoms with E-state index in [1.165, 1.54) is 19.1 Å². The average Bonchev–Trinajstić information content (AvgIpc) is 2.37. The Kier molecular flexibility index (Phi) is 3.93. The van der Waals surface area contributed by atoms with Crippen molar-refractivity contribution in [3.63, 3.8) is 0 Å². The van der Waals surface area contributed by atoms with E-state index in [-0.39, 0.29) is 17.3 Å². The van der Waals surface area contributed by atoms with Gasteiger partial charge in [-0.25, -0.2) is 9.37 Å². The van der Waals surface area contributed by atoms with E-state index in [0.717, 1.165) is 12.3 Å². The molecule has 0 saturated carbocycles. The first-order chi connectivity index (χ1) is 9.38. The summed E-state index contributed by atoms with van der Waals surface area (Å²) in [5, 5.41) is 10.6. The zero-order valence-electron chi connectivity index (χ0n) is 10.1. The van der Waals surface area contributed by atoms with Gasteiger partial charge >= 0.3 is 0 Å². The zero-order chi connectivity index (χ0) is 14.9. The molecule has 5 nitrogen and oxygen atoms in total. The molecule has 0 fully saturated rings. The summed E-state index contributed by atoms with van der Waals surface area (Å²) in [6, 6.07) is 3.42. The van der Waals surface area contributed by atoms with Gasteiger partial charge in [0.1, 0.15) is 6.20 Å². The molecule has 1 aromatic heterocycles. The number of pyridine rings is 1. The molecule has 0 unspecified atom stereocenters. The number of halogens is 3. The highest BCUT2D eigenvalue weighted by Gasteiger charge is 2.16. The molecule has 0 N–H and O–H groups in total. The van der Waals surface area contributed by atoms with Crippen LogP contribution >= 0.6 is 15.9 Å². The molecule has 0 spiro atoms. The molecule has 0 amide bonds. The van der Waals surface area contributed by atoms with E-state index >= 15 is 0 Å². The Morgan fingerprint density at radius 3 is 2.65 bits per heavy atom. The maximum atomic E-state index is 13.5. The predicted octanol–water partition coefficient (Wildman–Crippen LogP) is 4.13. The number of nitrogens with zero attached hydrogens (tertiary/aromatic N) is 2. The van der Waals surface area contributed by atoms with Gasteiger partial charge in [0.2, 0.25) is 11.7 Å². The molecule has 0 aliphatic rings. The van der Waals surface area contributed by atoms with Crippen LogP contribution in [0.15, 0.2) is 28.9 Å². The maximum Gasteiger partial charge on any atom is 0.288 e. The lowest BCUT2D eigenvalue weighted by atomic mass is 10.3. The number of aromatic nitrogens is 1. The molecular weight excluding hydrogens is 338 g/mol. The highest BCUT2D eigenvalue weighted by Crippen LogP contribution is 2.31. The summed E-state index contributed by atoms with van der Waals surface area (Å²) in [5.74, 6) is -2.63. The Balaban J connectivity index is 2.38. The van der Waals surface area contributed by atoms with Crippen molar-refractivity contribution in [2.24, 2.45) is 0 Å². The van der Waals surface area contributed by atoms with Crippen LogP contribution in [0.3, 0.4) is 0 Å². The van der Waals surface area contributed by atoms with Crippen molar-refractivity contribution in [3.05, 3.63) is 56.2 Å². The van der Waals surface area contributed by atoms with E-state index in [1.807, 2.05) is 0 Å². The summed E-state index contributed by atoms with van der Waals surface area (Å²) in [7, 11) is 0. The quantitative estimate of drug-likeness (QED) is 0.477. The third kappa shape index (κ3) is 2.90. The van der Waals surface area contributed by atoms with Gasteiger partial charge in [0.25, 0.3) is 5.69 Å². The molecule has 2 aromatic rings. The molecular formula is C12H7BrF2N2O3. The van der Waals surface area contributed by atoms with Gasteiger partial charge in [0.05, 0.1) is 4.92 Å². The van der Waals surface area contributed by atoms with Gasteiger partial charge in [-0.15, -0.1) is 0 Å². The highest BCUT2D eigenvalue weighted by molar-refractivity contribution is 9.10. The second-order valence-electron chi connectivity index (χ2n) is 3.87. The lowest BCUT2D eigenvalue weighted by molar-refractivity contribution is -0.385. The number of hydrogen-bond acceptors (Lipinski definition) is 4. The maximum absolute atomic E-state index is 13.5. The van der Waals surface area contributed by atoms with Crippen molar-refractivity contribution < 1.29 is 18.4 Å². The number of ether oxygens (including phenoxy) is 1. The van der Waals surface area contributed by atoms with E-state index in [1.54, 1.807) is 0 Å². The number of benzene rings is 1. The first-order valence-electron chi connectivity index (χ1n) is 5.32. The molecule has 0 saturated heterocycles. The Hall–Kier alpha value is -2.09. The van der Waals surface area contributed by atoms with Gasteiger partial charge in [-0.1, -0.05) is 15.9 Å². The third-order valence-electron chi connectivity index (χ3n) is 2.39. The fraction of sp³-hybridized carbons (Fsp3) is 0.0833. The first-order valence-corrected chi connectivity index (χ1v) is 6.11. The molecule has 0 bridgehead atoms. The summed E-state index contributed by atoms with van der Waals surface area (Å²) in [6.07, 6.45) is 0.981. The minimum Gasteiger partial charge on any atom is -0.436 e. The second kappa shape index (κ2) is 5.49. The SMILES string of the molecule is Cc1cc([N+](=O)[O-])cnc1Oc1cc(Br)cc(F)c1F. The van der Waals surface area contributed by atoms with Crippen LogP contribution in [0.5, 0.6) is 11.6 Å². The van der Waals surface area contributed by atoms with Crippen LogP contribution in [0.2, 0.25) is 0 Å². The summed E-state index contributed by atoms with van der Waals surface area (Å²) in [5.41, 5.74) is 0.120. The molecule has 20 heavy (non-hydrogen) atoms. The molecule has 2 rings (SSSR count). The second-order valence-corrected chi connectivity index (χ2v) is 4.79. The predicted molar refractivity (Wildman–Crippen MR) is 69.8 cm³/mol. The van der Waals surface area contributed by atoms with E-state index in [2.05, 4.69) is 20.9 Å². The van der Waals surface area contributed by atoms with Crippen LogP contribution in [0, 0.1) is 28.7 Å². The molecule has 1 aromatic carbocycles. The molecule has 1 heterocycles. The summed E-state index contributed by atoms with van der Waals surface area (Å²) in [6.45, 7) is 1.52. The molecule has 104 valence electrons. The van der Waals surface area contributed by atoms with Crippen LogP contribution < -0.4 is 4.74 Å². The van der Waals surface area contributed by atoms with Crippen LogP contribution in [0.25, 0.3) is 0 Å². The minimum atomic E-state index is -1.16. The van der Waals surface area contributed by atoms with Gasteiger partial charge in [0.15, 0.2) is 11.6 Å². The summed E-state index contributed by atoms with van der Waals surface area (Å²) < 4.78 is 32.2. The van der Waals surface area contributed by atoms with E-state index < -0.39 is 16.6 Å². The van der Waals surface area contributed by atoms with E-state index in [9.17, 15) is 18.9 Å². The Morgan fingerprint density at radius 2 is 2.05 bits per heavy atom. The van der Waals surface area contributed by atoms with E-state index in [4.69, 9.17) is 4.74 Å². The minimum absolute atomic E-state index is 0.0352.